The predicted octanol–water partition coefficient (Wildman–Crippen LogP) is 1.57. The van der Waals surface area contributed by atoms with Gasteiger partial charge in [0.1, 0.15) is 11.6 Å². The van der Waals surface area contributed by atoms with Crippen LogP contribution in [0, 0.1) is 5.82 Å². The lowest BCUT2D eigenvalue weighted by Crippen LogP contribution is -2.24. The molecule has 0 radical (unpaired) electrons. The van der Waals surface area contributed by atoms with Crippen molar-refractivity contribution in [1.29, 1.82) is 0 Å². The normalized spacial score (nSPS) is 21.1. The summed E-state index contributed by atoms with van der Waals surface area (Å²) < 4.78 is 12.7. The smallest absolute Gasteiger partial charge is 0.228 e. The fraction of sp³-hybridized carbons (Fsp3) is 0.300. The van der Waals surface area contributed by atoms with Gasteiger partial charge in [-0.15, -0.1) is 0 Å². The van der Waals surface area contributed by atoms with Gasteiger partial charge in [-0.1, -0.05) is 0 Å². The Labute approximate surface area is 91.9 Å². The summed E-state index contributed by atoms with van der Waals surface area (Å²) in [4.78, 5) is 12.9. The van der Waals surface area contributed by atoms with E-state index < -0.39 is 5.82 Å². The molecule has 1 N–H and O–H groups in total. The molecule has 15 heavy (non-hydrogen) atoms. The van der Waals surface area contributed by atoms with Gasteiger partial charge in [-0.3, -0.25) is 4.79 Å². The number of hydrogen-bond donors (Lipinski definition) is 2. The van der Waals surface area contributed by atoms with Gasteiger partial charge < -0.3 is 10.0 Å². The number of halogens is 1. The summed E-state index contributed by atoms with van der Waals surface area (Å²) in [6.07, 6.45) is 0.347. The minimum Gasteiger partial charge on any atom is -0.506 e. The number of phenols is 1. The van der Waals surface area contributed by atoms with Crippen LogP contribution in [-0.4, -0.2) is 22.8 Å². The van der Waals surface area contributed by atoms with Crippen LogP contribution in [0.2, 0.25) is 0 Å². The Morgan fingerprint density at radius 1 is 1.53 bits per heavy atom. The summed E-state index contributed by atoms with van der Waals surface area (Å²) >= 11 is 4.20. The Morgan fingerprint density at radius 3 is 2.80 bits per heavy atom. The zero-order valence-electron chi connectivity index (χ0n) is 7.85. The topological polar surface area (TPSA) is 40.5 Å². The summed E-state index contributed by atoms with van der Waals surface area (Å²) in [5, 5.41) is 9.47. The van der Waals surface area contributed by atoms with Crippen LogP contribution >= 0.6 is 12.6 Å². The molecule has 1 aliphatic rings. The monoisotopic (exact) mass is 227 g/mol. The van der Waals surface area contributed by atoms with Gasteiger partial charge in [0.2, 0.25) is 5.91 Å². The number of hydrogen-bond acceptors (Lipinski definition) is 3. The molecule has 1 unspecified atom stereocenters. The lowest BCUT2D eigenvalue weighted by molar-refractivity contribution is -0.117. The summed E-state index contributed by atoms with van der Waals surface area (Å²) in [5.41, 5.74) is 0.345. The fourth-order valence-electron chi connectivity index (χ4n) is 1.65. The highest BCUT2D eigenvalue weighted by Gasteiger charge is 2.29. The molecule has 80 valence electrons. The van der Waals surface area contributed by atoms with Gasteiger partial charge >= 0.3 is 0 Å². The molecule has 0 bridgehead atoms. The number of nitrogens with zero attached hydrogens (tertiary/aromatic N) is 1. The third-order valence-electron chi connectivity index (χ3n) is 2.33. The summed E-state index contributed by atoms with van der Waals surface area (Å²) in [7, 11) is 0. The van der Waals surface area contributed by atoms with Crippen molar-refractivity contribution >= 4 is 24.2 Å². The molecule has 0 aliphatic carbocycles. The van der Waals surface area contributed by atoms with Gasteiger partial charge in [0.25, 0.3) is 0 Å². The molecule has 1 atom stereocenters. The number of rotatable bonds is 1. The molecule has 1 fully saturated rings. The highest BCUT2D eigenvalue weighted by atomic mass is 32.1. The number of anilines is 1. The lowest BCUT2D eigenvalue weighted by atomic mass is 10.2. The van der Waals surface area contributed by atoms with Gasteiger partial charge in [-0.2, -0.15) is 12.6 Å². The average molecular weight is 227 g/mol. The Morgan fingerprint density at radius 2 is 2.27 bits per heavy atom. The highest BCUT2D eigenvalue weighted by molar-refractivity contribution is 7.81. The molecule has 3 nitrogen and oxygen atoms in total. The molecule has 0 aromatic heterocycles. The van der Waals surface area contributed by atoms with Crippen LogP contribution in [0.4, 0.5) is 10.1 Å². The highest BCUT2D eigenvalue weighted by Crippen LogP contribution is 2.31. The minimum atomic E-state index is -0.523. The zero-order chi connectivity index (χ0) is 11.0. The number of amides is 1. The van der Waals surface area contributed by atoms with E-state index in [0.29, 0.717) is 18.7 Å². The van der Waals surface area contributed by atoms with Gasteiger partial charge in [0.05, 0.1) is 5.69 Å². The number of aromatic hydroxyl groups is 1. The second-order valence-corrected chi connectivity index (χ2v) is 4.23. The quantitative estimate of drug-likeness (QED) is 0.715. The molecule has 1 aromatic carbocycles. The maximum atomic E-state index is 12.7. The van der Waals surface area contributed by atoms with Crippen LogP contribution in [0.3, 0.4) is 0 Å². The van der Waals surface area contributed by atoms with E-state index in [1.54, 1.807) is 0 Å². The second-order valence-electron chi connectivity index (χ2n) is 3.50. The second kappa shape index (κ2) is 3.73. The molecule has 5 heteroatoms. The number of benzene rings is 1. The van der Waals surface area contributed by atoms with Crippen LogP contribution in [-0.2, 0) is 4.79 Å². The Kier molecular flexibility index (Phi) is 2.56. The van der Waals surface area contributed by atoms with Crippen LogP contribution in [0.1, 0.15) is 6.42 Å². The van der Waals surface area contributed by atoms with E-state index >= 15 is 0 Å². The standard InChI is InChI=1S/C10H10FNO2S/c11-6-1-2-8(9(13)3-6)12-5-7(15)4-10(12)14/h1-3,7,13,15H,4-5H2. The van der Waals surface area contributed by atoms with Crippen molar-refractivity contribution in [2.45, 2.75) is 11.7 Å². The first kappa shape index (κ1) is 10.3. The van der Waals surface area contributed by atoms with Crippen molar-refractivity contribution in [3.8, 4) is 5.75 Å². The van der Waals surface area contributed by atoms with E-state index in [1.807, 2.05) is 0 Å². The Balaban J connectivity index is 2.34. The summed E-state index contributed by atoms with van der Waals surface area (Å²) in [5.74, 6) is -0.840. The summed E-state index contributed by atoms with van der Waals surface area (Å²) in [6.45, 7) is 0.446. The number of carbonyl (C=O) groups is 1. The Hall–Kier alpha value is -1.23. The molecule has 1 aromatic rings. The third kappa shape index (κ3) is 1.92. The van der Waals surface area contributed by atoms with Crippen molar-refractivity contribution in [1.82, 2.24) is 0 Å². The largest absolute Gasteiger partial charge is 0.506 e. The maximum Gasteiger partial charge on any atom is 0.228 e. The van der Waals surface area contributed by atoms with E-state index in [4.69, 9.17) is 0 Å². The lowest BCUT2D eigenvalue weighted by Gasteiger charge is -2.17. The molecule has 1 heterocycles. The number of carbonyl (C=O) groups excluding carboxylic acids is 1. The van der Waals surface area contributed by atoms with Gasteiger partial charge in [0.15, 0.2) is 0 Å². The fourth-order valence-corrected chi connectivity index (χ4v) is 1.97. The molecule has 0 saturated carbocycles. The van der Waals surface area contributed by atoms with Crippen molar-refractivity contribution in [3.63, 3.8) is 0 Å². The molecule has 1 aliphatic heterocycles. The maximum absolute atomic E-state index is 12.7. The van der Waals surface area contributed by atoms with E-state index in [-0.39, 0.29) is 16.9 Å². The molecule has 1 saturated heterocycles. The van der Waals surface area contributed by atoms with Gasteiger partial charge in [-0.25, -0.2) is 4.39 Å². The average Bonchev–Trinajstić information content (AvgIpc) is 2.45. The number of thiol groups is 1. The van der Waals surface area contributed by atoms with Gasteiger partial charge in [0, 0.05) is 24.3 Å². The van der Waals surface area contributed by atoms with Crippen molar-refractivity contribution in [3.05, 3.63) is 24.0 Å². The van der Waals surface area contributed by atoms with Crippen molar-refractivity contribution < 1.29 is 14.3 Å². The van der Waals surface area contributed by atoms with Crippen LogP contribution in [0.15, 0.2) is 18.2 Å². The van der Waals surface area contributed by atoms with E-state index in [9.17, 15) is 14.3 Å². The minimum absolute atomic E-state index is 0.0260. The molecular weight excluding hydrogens is 217 g/mol. The van der Waals surface area contributed by atoms with Crippen LogP contribution < -0.4 is 4.90 Å². The summed E-state index contributed by atoms with van der Waals surface area (Å²) in [6, 6.07) is 3.61. The van der Waals surface area contributed by atoms with E-state index in [2.05, 4.69) is 12.6 Å². The van der Waals surface area contributed by atoms with Crippen LogP contribution in [0.25, 0.3) is 0 Å². The predicted molar refractivity (Wildman–Crippen MR) is 57.8 cm³/mol. The first-order valence-corrected chi connectivity index (χ1v) is 5.06. The SMILES string of the molecule is O=C1CC(S)CN1c1ccc(F)cc1O. The van der Waals surface area contributed by atoms with Gasteiger partial charge in [-0.05, 0) is 12.1 Å². The Bertz CT molecular complexity index is 410. The molecule has 1 amide bonds. The third-order valence-corrected chi connectivity index (χ3v) is 2.68. The molecule has 2 rings (SSSR count). The zero-order valence-corrected chi connectivity index (χ0v) is 8.75. The molecule has 0 spiro atoms. The van der Waals surface area contributed by atoms with Crippen molar-refractivity contribution in [2.24, 2.45) is 0 Å². The molecular formula is C10H10FNO2S. The van der Waals surface area contributed by atoms with E-state index in [1.165, 1.54) is 17.0 Å². The number of phenolic OH excluding ortho intramolecular Hbond substituents is 1. The van der Waals surface area contributed by atoms with Crippen molar-refractivity contribution in [2.75, 3.05) is 11.4 Å². The first-order valence-electron chi connectivity index (χ1n) is 4.55. The first-order chi connectivity index (χ1) is 7.08. The van der Waals surface area contributed by atoms with Crippen LogP contribution in [0.5, 0.6) is 5.75 Å². The van der Waals surface area contributed by atoms with E-state index in [0.717, 1.165) is 6.07 Å².